The molecule has 0 aromatic carbocycles. The van der Waals surface area contributed by atoms with Crippen LogP contribution in [0.25, 0.3) is 0 Å². The number of hydrogen-bond donors (Lipinski definition) is 2. The topological polar surface area (TPSA) is 71.2 Å². The molecule has 1 heterocycles. The van der Waals surface area contributed by atoms with Gasteiger partial charge in [-0.2, -0.15) is 11.8 Å². The number of amides is 1. The Hall–Kier alpha value is -0.630. The molecule has 0 aliphatic carbocycles. The van der Waals surface area contributed by atoms with Crippen LogP contribution in [0.4, 0.5) is 0 Å². The standard InChI is InChI=1S/C11H20N4OS2/c1-4-9(7-17-3)15(2)5-8-6-18-11(13-8)10(16)14-12/h6,9H,4-5,7,12H2,1-3H3,(H,14,16). The number of thiazole rings is 1. The predicted molar refractivity (Wildman–Crippen MR) is 77.7 cm³/mol. The Kier molecular flexibility index (Phi) is 6.62. The van der Waals surface area contributed by atoms with Gasteiger partial charge in [0.25, 0.3) is 5.91 Å². The van der Waals surface area contributed by atoms with E-state index in [0.717, 1.165) is 24.4 Å². The van der Waals surface area contributed by atoms with Gasteiger partial charge in [0, 0.05) is 23.7 Å². The molecule has 1 aromatic rings. The van der Waals surface area contributed by atoms with Crippen molar-refractivity contribution in [3.8, 4) is 0 Å². The van der Waals surface area contributed by atoms with Crippen molar-refractivity contribution in [1.82, 2.24) is 15.3 Å². The molecule has 0 aliphatic rings. The van der Waals surface area contributed by atoms with Crippen LogP contribution in [0.2, 0.25) is 0 Å². The summed E-state index contributed by atoms with van der Waals surface area (Å²) in [6.07, 6.45) is 3.22. The van der Waals surface area contributed by atoms with Crippen molar-refractivity contribution in [2.45, 2.75) is 25.9 Å². The van der Waals surface area contributed by atoms with E-state index < -0.39 is 0 Å². The van der Waals surface area contributed by atoms with Crippen molar-refractivity contribution in [2.75, 3.05) is 19.1 Å². The lowest BCUT2D eigenvalue weighted by Gasteiger charge is -2.25. The molecule has 1 aromatic heterocycles. The summed E-state index contributed by atoms with van der Waals surface area (Å²) in [5.41, 5.74) is 3.01. The summed E-state index contributed by atoms with van der Waals surface area (Å²) in [5, 5.41) is 2.33. The van der Waals surface area contributed by atoms with Crippen molar-refractivity contribution in [3.63, 3.8) is 0 Å². The molecule has 1 rings (SSSR count). The van der Waals surface area contributed by atoms with Crippen LogP contribution in [0.5, 0.6) is 0 Å². The average molecular weight is 288 g/mol. The molecular formula is C11H20N4OS2. The highest BCUT2D eigenvalue weighted by Gasteiger charge is 2.15. The molecule has 1 unspecified atom stereocenters. The third-order valence-electron chi connectivity index (χ3n) is 2.74. The number of nitrogens with one attached hydrogen (secondary N) is 1. The molecule has 0 fully saturated rings. The fourth-order valence-corrected chi connectivity index (χ4v) is 3.27. The van der Waals surface area contributed by atoms with Crippen LogP contribution >= 0.6 is 23.1 Å². The molecule has 0 saturated carbocycles. The summed E-state index contributed by atoms with van der Waals surface area (Å²) in [6.45, 7) is 2.94. The Balaban J connectivity index is 2.61. The van der Waals surface area contributed by atoms with E-state index in [0.29, 0.717) is 11.0 Å². The van der Waals surface area contributed by atoms with E-state index >= 15 is 0 Å². The van der Waals surface area contributed by atoms with Gasteiger partial charge in [-0.1, -0.05) is 6.92 Å². The molecule has 3 N–H and O–H groups in total. The molecule has 18 heavy (non-hydrogen) atoms. The smallest absolute Gasteiger partial charge is 0.294 e. The van der Waals surface area contributed by atoms with Gasteiger partial charge in [-0.05, 0) is 19.7 Å². The summed E-state index contributed by atoms with van der Waals surface area (Å²) in [5.74, 6) is 5.85. The summed E-state index contributed by atoms with van der Waals surface area (Å²) >= 11 is 3.17. The van der Waals surface area contributed by atoms with E-state index in [9.17, 15) is 4.79 Å². The Labute approximate surface area is 116 Å². The van der Waals surface area contributed by atoms with E-state index in [1.54, 1.807) is 0 Å². The number of thioether (sulfide) groups is 1. The van der Waals surface area contributed by atoms with Gasteiger partial charge in [-0.3, -0.25) is 15.1 Å². The molecule has 1 amide bonds. The first-order chi connectivity index (χ1) is 8.62. The van der Waals surface area contributed by atoms with E-state index in [4.69, 9.17) is 5.84 Å². The molecule has 7 heteroatoms. The molecule has 0 aliphatic heterocycles. The Morgan fingerprint density at radius 1 is 1.72 bits per heavy atom. The number of nitrogen functional groups attached to an aromatic ring is 1. The van der Waals surface area contributed by atoms with Crippen LogP contribution in [0.3, 0.4) is 0 Å². The lowest BCUT2D eigenvalue weighted by atomic mass is 10.2. The minimum atomic E-state index is -0.329. The molecule has 0 saturated heterocycles. The minimum Gasteiger partial charge on any atom is -0.297 e. The summed E-state index contributed by atoms with van der Waals surface area (Å²) in [4.78, 5) is 17.8. The van der Waals surface area contributed by atoms with E-state index in [1.807, 2.05) is 17.1 Å². The molecule has 0 radical (unpaired) electrons. The van der Waals surface area contributed by atoms with Crippen LogP contribution in [-0.4, -0.2) is 40.9 Å². The molecule has 0 spiro atoms. The van der Waals surface area contributed by atoms with Crippen LogP contribution in [0.1, 0.15) is 28.8 Å². The van der Waals surface area contributed by atoms with Crippen molar-refractivity contribution in [1.29, 1.82) is 0 Å². The molecule has 102 valence electrons. The quantitative estimate of drug-likeness (QED) is 0.450. The first kappa shape index (κ1) is 15.4. The largest absolute Gasteiger partial charge is 0.297 e. The molecule has 1 atom stereocenters. The first-order valence-corrected chi connectivity index (χ1v) is 8.04. The number of carbonyl (C=O) groups is 1. The van der Waals surface area contributed by atoms with Crippen LogP contribution < -0.4 is 11.3 Å². The van der Waals surface area contributed by atoms with E-state index in [1.165, 1.54) is 11.3 Å². The van der Waals surface area contributed by atoms with Crippen molar-refractivity contribution in [3.05, 3.63) is 16.1 Å². The van der Waals surface area contributed by atoms with Crippen LogP contribution in [0.15, 0.2) is 5.38 Å². The highest BCUT2D eigenvalue weighted by atomic mass is 32.2. The van der Waals surface area contributed by atoms with Gasteiger partial charge < -0.3 is 0 Å². The molecular weight excluding hydrogens is 268 g/mol. The normalized spacial score (nSPS) is 12.7. The zero-order chi connectivity index (χ0) is 13.5. The third-order valence-corrected chi connectivity index (χ3v) is 4.35. The highest BCUT2D eigenvalue weighted by molar-refractivity contribution is 7.98. The number of hydrogen-bond acceptors (Lipinski definition) is 6. The fraction of sp³-hybridized carbons (Fsp3) is 0.636. The van der Waals surface area contributed by atoms with Gasteiger partial charge in [0.05, 0.1) is 5.69 Å². The van der Waals surface area contributed by atoms with Gasteiger partial charge in [-0.15, -0.1) is 11.3 Å². The van der Waals surface area contributed by atoms with Crippen molar-refractivity contribution in [2.24, 2.45) is 5.84 Å². The maximum Gasteiger partial charge on any atom is 0.294 e. The maximum atomic E-state index is 11.3. The Bertz CT molecular complexity index is 383. The number of hydrazine groups is 1. The zero-order valence-corrected chi connectivity index (χ0v) is 12.6. The second-order valence-corrected chi connectivity index (χ2v) is 5.82. The van der Waals surface area contributed by atoms with Gasteiger partial charge in [0.1, 0.15) is 0 Å². The first-order valence-electron chi connectivity index (χ1n) is 5.76. The lowest BCUT2D eigenvalue weighted by Crippen LogP contribution is -2.33. The second-order valence-electron chi connectivity index (χ2n) is 4.05. The highest BCUT2D eigenvalue weighted by Crippen LogP contribution is 2.15. The molecule has 5 nitrogen and oxygen atoms in total. The van der Waals surface area contributed by atoms with Gasteiger partial charge >= 0.3 is 0 Å². The summed E-state index contributed by atoms with van der Waals surface area (Å²) < 4.78 is 0. The average Bonchev–Trinajstić information content (AvgIpc) is 2.83. The summed E-state index contributed by atoms with van der Waals surface area (Å²) in [6, 6.07) is 0.536. The Morgan fingerprint density at radius 2 is 2.44 bits per heavy atom. The maximum absolute atomic E-state index is 11.3. The van der Waals surface area contributed by atoms with Crippen LogP contribution in [0, 0.1) is 0 Å². The SMILES string of the molecule is CCC(CSC)N(C)Cc1csc(C(=O)NN)n1. The van der Waals surface area contributed by atoms with E-state index in [-0.39, 0.29) is 5.91 Å². The molecule has 0 bridgehead atoms. The number of aromatic nitrogens is 1. The van der Waals surface area contributed by atoms with Gasteiger partial charge in [-0.25, -0.2) is 10.8 Å². The number of rotatable bonds is 7. The second kappa shape index (κ2) is 7.73. The van der Waals surface area contributed by atoms with E-state index in [2.05, 4.69) is 35.5 Å². The summed E-state index contributed by atoms with van der Waals surface area (Å²) in [7, 11) is 2.09. The minimum absolute atomic E-state index is 0.329. The number of nitrogens with zero attached hydrogens (tertiary/aromatic N) is 2. The monoisotopic (exact) mass is 288 g/mol. The van der Waals surface area contributed by atoms with Gasteiger partial charge in [0.15, 0.2) is 5.01 Å². The number of nitrogens with two attached hydrogens (primary N) is 1. The zero-order valence-electron chi connectivity index (χ0n) is 11.0. The van der Waals surface area contributed by atoms with Gasteiger partial charge in [0.2, 0.25) is 0 Å². The fourth-order valence-electron chi connectivity index (χ4n) is 1.68. The van der Waals surface area contributed by atoms with Crippen molar-refractivity contribution < 1.29 is 4.79 Å². The third kappa shape index (κ3) is 4.24. The number of carbonyl (C=O) groups excluding carboxylic acids is 1. The Morgan fingerprint density at radius 3 is 3.00 bits per heavy atom. The lowest BCUT2D eigenvalue weighted by molar-refractivity contribution is 0.0953. The van der Waals surface area contributed by atoms with Crippen molar-refractivity contribution >= 4 is 29.0 Å². The predicted octanol–water partition coefficient (Wildman–Crippen LogP) is 1.32. The van der Waals surface area contributed by atoms with Crippen LogP contribution in [-0.2, 0) is 6.54 Å².